The summed E-state index contributed by atoms with van der Waals surface area (Å²) in [6.45, 7) is 0. The van der Waals surface area contributed by atoms with Crippen LogP contribution in [0.25, 0.3) is 77.2 Å². The van der Waals surface area contributed by atoms with Crippen LogP contribution in [0.1, 0.15) is 0 Å². The van der Waals surface area contributed by atoms with Crippen molar-refractivity contribution >= 4 is 72.4 Å². The molecule has 0 aliphatic carbocycles. The van der Waals surface area contributed by atoms with Gasteiger partial charge in [-0.25, -0.2) is 0 Å². The highest BCUT2D eigenvalue weighted by Crippen LogP contribution is 2.38. The smallest absolute Gasteiger partial charge is 0.181 e. The molecule has 0 unspecified atom stereocenters. The third-order valence-electron chi connectivity index (χ3n) is 13.1. The molecule has 3 heteroatoms. The molecule has 296 valence electrons. The van der Waals surface area contributed by atoms with Crippen LogP contribution in [0.2, 0.25) is 0 Å². The van der Waals surface area contributed by atoms with Crippen molar-refractivity contribution in [2.45, 2.75) is 0 Å². The molecule has 0 radical (unpaired) electrons. The average Bonchev–Trinajstić information content (AvgIpc) is 3.89. The highest BCUT2D eigenvalue weighted by atomic mass is 28.3. The zero-order chi connectivity index (χ0) is 41.7. The molecule has 2 nitrogen and oxygen atoms in total. The van der Waals surface area contributed by atoms with Crippen molar-refractivity contribution in [3.63, 3.8) is 0 Å². The maximum absolute atomic E-state index is 2.90. The van der Waals surface area contributed by atoms with Crippen molar-refractivity contribution in [2.24, 2.45) is 0 Å². The molecule has 0 atom stereocenters. The van der Waals surface area contributed by atoms with E-state index in [2.05, 4.69) is 264 Å². The van der Waals surface area contributed by atoms with Gasteiger partial charge in [0.05, 0.1) is 22.1 Å². The lowest BCUT2D eigenvalue weighted by molar-refractivity contribution is 1.17. The van der Waals surface area contributed by atoms with Crippen LogP contribution in [-0.4, -0.2) is 17.2 Å². The Balaban J connectivity index is 1.06. The van der Waals surface area contributed by atoms with E-state index in [1.54, 1.807) is 0 Å². The quantitative estimate of drug-likeness (QED) is 0.107. The van der Waals surface area contributed by atoms with E-state index in [1.165, 1.54) is 86.6 Å². The summed E-state index contributed by atoms with van der Waals surface area (Å²) in [5, 5.41) is 10.4. The number of hydrogen-bond donors (Lipinski definition) is 0. The van der Waals surface area contributed by atoms with E-state index in [-0.39, 0.29) is 0 Å². The van der Waals surface area contributed by atoms with Crippen LogP contribution >= 0.6 is 0 Å². The van der Waals surface area contributed by atoms with Gasteiger partial charge >= 0.3 is 0 Å². The first-order valence-electron chi connectivity index (χ1n) is 21.8. The van der Waals surface area contributed by atoms with E-state index in [9.17, 15) is 0 Å². The van der Waals surface area contributed by atoms with Gasteiger partial charge in [0.1, 0.15) is 0 Å². The Kier molecular flexibility index (Phi) is 8.87. The third kappa shape index (κ3) is 5.93. The lowest BCUT2D eigenvalue weighted by Gasteiger charge is -2.35. The van der Waals surface area contributed by atoms with E-state index < -0.39 is 8.07 Å². The maximum atomic E-state index is 2.56. The molecule has 0 fully saturated rings. The molecule has 0 saturated carbocycles. The predicted octanol–water partition coefficient (Wildman–Crippen LogP) is 12.6. The van der Waals surface area contributed by atoms with Crippen LogP contribution in [0.15, 0.2) is 255 Å². The third-order valence-corrected chi connectivity index (χ3v) is 17.9. The van der Waals surface area contributed by atoms with Crippen LogP contribution in [0.5, 0.6) is 0 Å². The lowest BCUT2D eigenvalue weighted by Crippen LogP contribution is -2.75. The van der Waals surface area contributed by atoms with Gasteiger partial charge in [0.2, 0.25) is 0 Å². The Labute approximate surface area is 368 Å². The second-order valence-electron chi connectivity index (χ2n) is 16.4. The van der Waals surface area contributed by atoms with Crippen molar-refractivity contribution in [3.8, 4) is 33.6 Å². The molecule has 0 aliphatic heterocycles. The summed E-state index contributed by atoms with van der Waals surface area (Å²) in [5.74, 6) is 0. The normalized spacial score (nSPS) is 11.8. The number of aromatic nitrogens is 2. The minimum absolute atomic E-state index is 1.14. The molecule has 2 heterocycles. The number of hydrogen-bond acceptors (Lipinski definition) is 0. The molecule has 63 heavy (non-hydrogen) atoms. The Hall–Kier alpha value is -7.98. The first-order valence-corrected chi connectivity index (χ1v) is 23.8. The van der Waals surface area contributed by atoms with Gasteiger partial charge in [0.15, 0.2) is 8.07 Å². The standard InChI is InChI=1S/C60H42N2Si/c1-5-18-43(19-6-1)44-32-34-45(35-33-44)46-36-38-47(39-37-46)61-56-29-15-14-27-53(56)55-42-48(40-41-58(55)61)62-57-30-16-13-26-52(57)54-28-17-31-59(60(54)62)63(49-20-7-2-8-21-49,50-22-9-3-10-23-50)51-24-11-4-12-25-51/h1-42H. The second-order valence-corrected chi connectivity index (χ2v) is 20.2. The van der Waals surface area contributed by atoms with E-state index >= 15 is 0 Å². The average molecular weight is 819 g/mol. The minimum atomic E-state index is -2.90. The summed E-state index contributed by atoms with van der Waals surface area (Å²) in [7, 11) is -2.90. The van der Waals surface area contributed by atoms with Crippen LogP contribution in [0.3, 0.4) is 0 Å². The number of para-hydroxylation sites is 3. The summed E-state index contributed by atoms with van der Waals surface area (Å²) < 4.78 is 4.98. The molecule has 2 aromatic heterocycles. The molecule has 10 aromatic carbocycles. The summed E-state index contributed by atoms with van der Waals surface area (Å²) in [4.78, 5) is 0. The molecule has 12 rings (SSSR count). The van der Waals surface area contributed by atoms with Gasteiger partial charge in [-0.2, -0.15) is 0 Å². The van der Waals surface area contributed by atoms with E-state index in [0.29, 0.717) is 0 Å². The van der Waals surface area contributed by atoms with Crippen LogP contribution in [0.4, 0.5) is 0 Å². The van der Waals surface area contributed by atoms with E-state index in [1.807, 2.05) is 0 Å². The van der Waals surface area contributed by atoms with Crippen molar-refractivity contribution in [1.29, 1.82) is 0 Å². The number of rotatable bonds is 8. The Morgan fingerprint density at radius 3 is 1.21 bits per heavy atom. The van der Waals surface area contributed by atoms with Crippen molar-refractivity contribution < 1.29 is 0 Å². The molecule has 12 aromatic rings. The molecular weight excluding hydrogens is 777 g/mol. The van der Waals surface area contributed by atoms with Gasteiger partial charge in [0.25, 0.3) is 0 Å². The van der Waals surface area contributed by atoms with Crippen LogP contribution < -0.4 is 20.7 Å². The molecule has 0 spiro atoms. The fourth-order valence-electron chi connectivity index (χ4n) is 10.3. The van der Waals surface area contributed by atoms with Crippen molar-refractivity contribution in [1.82, 2.24) is 9.13 Å². The first-order chi connectivity index (χ1) is 31.3. The first kappa shape index (κ1) is 36.8. The Morgan fingerprint density at radius 1 is 0.254 bits per heavy atom. The lowest BCUT2D eigenvalue weighted by atomic mass is 10.0. The van der Waals surface area contributed by atoms with Gasteiger partial charge < -0.3 is 9.13 Å². The van der Waals surface area contributed by atoms with Gasteiger partial charge in [-0.3, -0.25) is 0 Å². The number of nitrogens with zero attached hydrogens (tertiary/aromatic N) is 2. The maximum Gasteiger partial charge on any atom is 0.181 e. The topological polar surface area (TPSA) is 9.86 Å². The Bertz CT molecular complexity index is 3480. The fraction of sp³-hybridized carbons (Fsp3) is 0. The van der Waals surface area contributed by atoms with Crippen molar-refractivity contribution in [2.75, 3.05) is 0 Å². The summed E-state index contributed by atoms with van der Waals surface area (Å²) in [5.41, 5.74) is 12.0. The summed E-state index contributed by atoms with van der Waals surface area (Å²) >= 11 is 0. The Morgan fingerprint density at radius 2 is 0.651 bits per heavy atom. The molecule has 0 bridgehead atoms. The second kappa shape index (κ2) is 15.2. The molecule has 0 saturated heterocycles. The largest absolute Gasteiger partial charge is 0.309 e. The predicted molar refractivity (Wildman–Crippen MR) is 270 cm³/mol. The van der Waals surface area contributed by atoms with Crippen LogP contribution in [-0.2, 0) is 0 Å². The highest BCUT2D eigenvalue weighted by Gasteiger charge is 2.43. The zero-order valence-corrected chi connectivity index (χ0v) is 35.6. The van der Waals surface area contributed by atoms with E-state index in [0.717, 1.165) is 11.4 Å². The van der Waals surface area contributed by atoms with Gasteiger partial charge in [0, 0.05) is 32.9 Å². The molecule has 0 amide bonds. The monoisotopic (exact) mass is 818 g/mol. The van der Waals surface area contributed by atoms with Crippen LogP contribution in [0, 0.1) is 0 Å². The van der Waals surface area contributed by atoms with Gasteiger partial charge in [-0.15, -0.1) is 0 Å². The summed E-state index contributed by atoms with van der Waals surface area (Å²) in [6.07, 6.45) is 0. The highest BCUT2D eigenvalue weighted by molar-refractivity contribution is 7.20. The molecule has 0 N–H and O–H groups in total. The SMILES string of the molecule is c1ccc(-c2ccc(-c3ccc(-n4c5ccccc5c5cc(-n6c7ccccc7c7cccc([Si](c8ccccc8)(c8ccccc8)c8ccccc8)c76)ccc54)cc3)cc2)cc1. The zero-order valence-electron chi connectivity index (χ0n) is 34.6. The molecular formula is C60H42N2Si. The summed E-state index contributed by atoms with van der Waals surface area (Å²) in [6, 6.07) is 94.2. The number of fused-ring (bicyclic) bond motifs is 6. The fourth-order valence-corrected chi connectivity index (χ4v) is 15.2. The minimum Gasteiger partial charge on any atom is -0.309 e. The number of benzene rings is 10. The molecule has 0 aliphatic rings. The van der Waals surface area contributed by atoms with Gasteiger partial charge in [-0.1, -0.05) is 212 Å². The van der Waals surface area contributed by atoms with Crippen molar-refractivity contribution in [3.05, 3.63) is 255 Å². The van der Waals surface area contributed by atoms with E-state index in [4.69, 9.17) is 0 Å². The van der Waals surface area contributed by atoms with Gasteiger partial charge in [-0.05, 0) is 85.5 Å².